The Morgan fingerprint density at radius 1 is 1.53 bits per heavy atom. The van der Waals surface area contributed by atoms with Crippen LogP contribution in [0.5, 0.6) is 0 Å². The molecule has 4 nitrogen and oxygen atoms in total. The van der Waals surface area contributed by atoms with Crippen LogP contribution in [-0.2, 0) is 0 Å². The molecule has 17 heavy (non-hydrogen) atoms. The van der Waals surface area contributed by atoms with Gasteiger partial charge in [-0.25, -0.2) is 4.98 Å². The molecule has 0 saturated carbocycles. The van der Waals surface area contributed by atoms with Crippen molar-refractivity contribution < 1.29 is 9.90 Å². The molecule has 1 rings (SSSR count). The van der Waals surface area contributed by atoms with Crippen molar-refractivity contribution in [2.45, 2.75) is 32.7 Å². The van der Waals surface area contributed by atoms with Crippen molar-refractivity contribution in [2.24, 2.45) is 0 Å². The monoisotopic (exact) mass is 276 g/mol. The molecule has 0 aliphatic heterocycles. The molecule has 96 valence electrons. The molecule has 1 N–H and O–H groups in total. The van der Waals surface area contributed by atoms with E-state index in [1.807, 2.05) is 4.90 Å². The van der Waals surface area contributed by atoms with Gasteiger partial charge in [-0.3, -0.25) is 4.79 Å². The zero-order chi connectivity index (χ0) is 12.8. The van der Waals surface area contributed by atoms with Gasteiger partial charge in [-0.05, 0) is 12.8 Å². The second kappa shape index (κ2) is 6.93. The van der Waals surface area contributed by atoms with Gasteiger partial charge in [0.2, 0.25) is 0 Å². The van der Waals surface area contributed by atoms with Gasteiger partial charge in [-0.2, -0.15) is 0 Å². The van der Waals surface area contributed by atoms with E-state index in [9.17, 15) is 4.79 Å². The third-order valence-corrected chi connectivity index (χ3v) is 4.09. The largest absolute Gasteiger partial charge is 0.395 e. The van der Waals surface area contributed by atoms with E-state index >= 15 is 0 Å². The zero-order valence-electron chi connectivity index (χ0n) is 10.0. The molecule has 0 spiro atoms. The van der Waals surface area contributed by atoms with Crippen LogP contribution in [0.2, 0.25) is 5.15 Å². The molecular weight excluding hydrogens is 260 g/mol. The van der Waals surface area contributed by atoms with Gasteiger partial charge in [-0.1, -0.05) is 36.8 Å². The lowest BCUT2D eigenvalue weighted by Crippen LogP contribution is -2.36. The Bertz CT molecular complexity index is 366. The summed E-state index contributed by atoms with van der Waals surface area (Å²) < 4.78 is 0. The minimum absolute atomic E-state index is 0.0596. The van der Waals surface area contributed by atoms with E-state index in [2.05, 4.69) is 18.8 Å². The van der Waals surface area contributed by atoms with E-state index in [4.69, 9.17) is 16.7 Å². The summed E-state index contributed by atoms with van der Waals surface area (Å²) in [6.45, 7) is 4.75. The number of hydrogen-bond acceptors (Lipinski definition) is 5. The molecule has 0 aliphatic rings. The molecule has 0 fully saturated rings. The highest BCUT2D eigenvalue weighted by Crippen LogP contribution is 2.30. The molecule has 0 aromatic carbocycles. The smallest absolute Gasteiger partial charge is 0.187 e. The molecule has 6 heteroatoms. The van der Waals surface area contributed by atoms with Crippen LogP contribution in [0, 0.1) is 0 Å². The topological polar surface area (TPSA) is 53.4 Å². The summed E-state index contributed by atoms with van der Waals surface area (Å²) >= 11 is 7.13. The van der Waals surface area contributed by atoms with Gasteiger partial charge in [0, 0.05) is 12.6 Å². The number of hydrogen-bond donors (Lipinski definition) is 1. The lowest BCUT2D eigenvalue weighted by atomic mass is 10.1. The SMILES string of the molecule is CCC(CC)N(CCO)c1nc(Cl)c(C=O)s1. The fourth-order valence-electron chi connectivity index (χ4n) is 1.77. The number of rotatable bonds is 7. The quantitative estimate of drug-likeness (QED) is 0.778. The number of carbonyl (C=O) groups is 1. The first-order valence-electron chi connectivity index (χ1n) is 5.66. The van der Waals surface area contributed by atoms with Crippen LogP contribution < -0.4 is 4.90 Å². The highest BCUT2D eigenvalue weighted by atomic mass is 35.5. The summed E-state index contributed by atoms with van der Waals surface area (Å²) in [7, 11) is 0. The predicted molar refractivity (Wildman–Crippen MR) is 71.3 cm³/mol. The van der Waals surface area contributed by atoms with Crippen LogP contribution in [0.1, 0.15) is 36.4 Å². The number of thiazole rings is 1. The summed E-state index contributed by atoms with van der Waals surface area (Å²) in [6.07, 6.45) is 2.64. The predicted octanol–water partition coefficient (Wildman–Crippen LogP) is 2.60. The number of carbonyl (C=O) groups excluding carboxylic acids is 1. The van der Waals surface area contributed by atoms with Crippen molar-refractivity contribution in [3.8, 4) is 0 Å². The molecule has 0 radical (unpaired) electrons. The molecule has 0 saturated heterocycles. The molecule has 0 amide bonds. The second-order valence-corrected chi connectivity index (χ2v) is 5.02. The molecule has 1 aromatic heterocycles. The maximum Gasteiger partial charge on any atom is 0.187 e. The van der Waals surface area contributed by atoms with Gasteiger partial charge < -0.3 is 10.0 Å². The Hall–Kier alpha value is -0.650. The van der Waals surface area contributed by atoms with Gasteiger partial charge in [0.15, 0.2) is 16.6 Å². The van der Waals surface area contributed by atoms with E-state index < -0.39 is 0 Å². The fourth-order valence-corrected chi connectivity index (χ4v) is 2.93. The van der Waals surface area contributed by atoms with Crippen LogP contribution in [0.3, 0.4) is 0 Å². The summed E-state index contributed by atoms with van der Waals surface area (Å²) in [5.41, 5.74) is 0. The van der Waals surface area contributed by atoms with Gasteiger partial charge in [0.25, 0.3) is 0 Å². The first-order valence-corrected chi connectivity index (χ1v) is 6.86. The molecule has 1 aromatic rings. The highest BCUT2D eigenvalue weighted by Gasteiger charge is 2.20. The van der Waals surface area contributed by atoms with Crippen molar-refractivity contribution in [2.75, 3.05) is 18.1 Å². The van der Waals surface area contributed by atoms with Crippen LogP contribution >= 0.6 is 22.9 Å². The van der Waals surface area contributed by atoms with Crippen LogP contribution in [-0.4, -0.2) is 35.6 Å². The summed E-state index contributed by atoms with van der Waals surface area (Å²) in [5.74, 6) is 0. The Labute approximate surface area is 110 Å². The highest BCUT2D eigenvalue weighted by molar-refractivity contribution is 7.17. The summed E-state index contributed by atoms with van der Waals surface area (Å²) in [5, 5.41) is 10.1. The van der Waals surface area contributed by atoms with E-state index in [0.29, 0.717) is 28.9 Å². The van der Waals surface area contributed by atoms with Crippen molar-refractivity contribution in [1.82, 2.24) is 4.98 Å². The number of aliphatic hydroxyl groups is 1. The first-order chi connectivity index (χ1) is 8.17. The van der Waals surface area contributed by atoms with Gasteiger partial charge in [0.05, 0.1) is 6.61 Å². The Balaban J connectivity index is 2.99. The Morgan fingerprint density at radius 3 is 2.59 bits per heavy atom. The molecule has 0 atom stereocenters. The standard InChI is InChI=1S/C11H17ClN2O2S/c1-3-8(4-2)14(5-6-15)11-13-10(12)9(7-16)17-11/h7-8,15H,3-6H2,1-2H3. The molecule has 0 aliphatic carbocycles. The van der Waals surface area contributed by atoms with Gasteiger partial charge in [0.1, 0.15) is 4.88 Å². The fraction of sp³-hybridized carbons (Fsp3) is 0.636. The van der Waals surface area contributed by atoms with E-state index in [-0.39, 0.29) is 11.8 Å². The first kappa shape index (κ1) is 14.4. The normalized spacial score (nSPS) is 10.9. The lowest BCUT2D eigenvalue weighted by molar-refractivity contribution is 0.112. The van der Waals surface area contributed by atoms with Crippen molar-refractivity contribution in [3.63, 3.8) is 0 Å². The number of aliphatic hydroxyl groups excluding tert-OH is 1. The number of anilines is 1. The van der Waals surface area contributed by atoms with Crippen molar-refractivity contribution in [3.05, 3.63) is 10.0 Å². The number of nitrogens with zero attached hydrogens (tertiary/aromatic N) is 2. The molecular formula is C11H17ClN2O2S. The average molecular weight is 277 g/mol. The number of aromatic nitrogens is 1. The second-order valence-electron chi connectivity index (χ2n) is 3.66. The van der Waals surface area contributed by atoms with Crippen molar-refractivity contribution >= 4 is 34.4 Å². The van der Waals surface area contributed by atoms with Crippen molar-refractivity contribution in [1.29, 1.82) is 0 Å². The maximum atomic E-state index is 10.7. The minimum Gasteiger partial charge on any atom is -0.395 e. The zero-order valence-corrected chi connectivity index (χ0v) is 11.6. The van der Waals surface area contributed by atoms with E-state index in [0.717, 1.165) is 12.8 Å². The number of halogens is 1. The minimum atomic E-state index is 0.0596. The van der Waals surface area contributed by atoms with Crippen LogP contribution in [0.25, 0.3) is 0 Å². The van der Waals surface area contributed by atoms with Gasteiger partial charge in [-0.15, -0.1) is 0 Å². The molecule has 0 unspecified atom stereocenters. The summed E-state index contributed by atoms with van der Waals surface area (Å²) in [6, 6.07) is 0.309. The third kappa shape index (κ3) is 3.40. The molecule has 0 bridgehead atoms. The van der Waals surface area contributed by atoms with Gasteiger partial charge >= 0.3 is 0 Å². The van der Waals surface area contributed by atoms with Crippen LogP contribution in [0.4, 0.5) is 5.13 Å². The maximum absolute atomic E-state index is 10.7. The summed E-state index contributed by atoms with van der Waals surface area (Å²) in [4.78, 5) is 17.4. The Kier molecular flexibility index (Phi) is 5.88. The Morgan fingerprint density at radius 2 is 2.18 bits per heavy atom. The molecule has 1 heterocycles. The van der Waals surface area contributed by atoms with Crippen LogP contribution in [0.15, 0.2) is 0 Å². The lowest BCUT2D eigenvalue weighted by Gasteiger charge is -2.29. The van der Waals surface area contributed by atoms with E-state index in [1.54, 1.807) is 0 Å². The van der Waals surface area contributed by atoms with E-state index in [1.165, 1.54) is 11.3 Å². The average Bonchev–Trinajstić information content (AvgIpc) is 2.70. The third-order valence-electron chi connectivity index (χ3n) is 2.68. The number of aldehydes is 1.